The van der Waals surface area contributed by atoms with Crippen molar-refractivity contribution in [3.63, 3.8) is 0 Å². The molecule has 0 amide bonds. The van der Waals surface area contributed by atoms with Crippen molar-refractivity contribution in [1.29, 1.82) is 0 Å². The Morgan fingerprint density at radius 2 is 0.689 bits per heavy atom. The third kappa shape index (κ3) is 12.0. The van der Waals surface area contributed by atoms with E-state index in [1.54, 1.807) is 0 Å². The molecule has 5 heterocycles. The van der Waals surface area contributed by atoms with Gasteiger partial charge in [-0.15, -0.1) is 0 Å². The third-order valence-electron chi connectivity index (χ3n) is 24.9. The maximum atomic E-state index is 6.76. The van der Waals surface area contributed by atoms with Gasteiger partial charge in [0.1, 0.15) is 22.3 Å². The predicted octanol–water partition coefficient (Wildman–Crippen LogP) is 31.2. The first kappa shape index (κ1) is 71.4. The maximum absolute atomic E-state index is 6.76. The van der Waals surface area contributed by atoms with Gasteiger partial charge in [-0.3, -0.25) is 0 Å². The van der Waals surface area contributed by atoms with E-state index >= 15 is 0 Å². The van der Waals surface area contributed by atoms with Crippen LogP contribution < -0.4 is 14.7 Å². The molecule has 0 radical (unpaired) electrons. The van der Waals surface area contributed by atoms with E-state index in [1.165, 1.54) is 66.1 Å². The number of fused-ring (bicyclic) bond motifs is 18. The van der Waals surface area contributed by atoms with E-state index < -0.39 is 0 Å². The van der Waals surface area contributed by atoms with E-state index in [-0.39, 0.29) is 11.3 Å². The lowest BCUT2D eigenvalue weighted by Gasteiger charge is -2.26. The Balaban J connectivity index is 0.000000142. The Morgan fingerprint density at radius 1 is 0.254 bits per heavy atom. The Labute approximate surface area is 706 Å². The minimum absolute atomic E-state index is 0.0519. The Morgan fingerprint density at radius 3 is 1.34 bits per heavy atom. The van der Waals surface area contributed by atoms with E-state index in [4.69, 9.17) is 8.83 Å². The standard InChI is InChI=1S/C57H41N3O.C57H39N3O/c1-57(2)50-24-14-12-22-45(50)48-34-35-51-55(56(48)57)49-33-31-43(58(38-16-6-3-7-17-38)39-18-8-4-9-19-39)36-52(49)60(51)42-28-26-41(27-29-42)59(40-20-10-5-11-21-40)44-30-32-47-46-23-13-15-25-53(46)61-54(47)37-44;1-5-16-39(17-6-1)55(40-18-7-2-8-19-40)42-28-30-50-53(37-42)60(52-33-31-49-48-26-13-14-27-54(48)61-57(49)56(50)52)46-25-15-24-45(38-46)59(44-22-11-4-12-23-44)47-29-32-51-41(36-47)34-35-58(51)43-20-9-3-10-21-43/h3-37H,1-2H3;1-38,55H. The summed E-state index contributed by atoms with van der Waals surface area (Å²) in [7, 11) is 0. The van der Waals surface area contributed by atoms with Crippen molar-refractivity contribution in [3.05, 3.63) is 471 Å². The van der Waals surface area contributed by atoms with Gasteiger partial charge in [0.05, 0.1) is 33.0 Å². The highest BCUT2D eigenvalue weighted by Gasteiger charge is 2.39. The molecule has 0 aliphatic heterocycles. The van der Waals surface area contributed by atoms with E-state index in [0.717, 1.165) is 139 Å². The molecule has 8 heteroatoms. The van der Waals surface area contributed by atoms with Crippen LogP contribution in [0.3, 0.4) is 0 Å². The molecule has 0 fully saturated rings. The second kappa shape index (κ2) is 29.3. The van der Waals surface area contributed by atoms with Gasteiger partial charge in [-0.25, -0.2) is 0 Å². The normalized spacial score (nSPS) is 12.3. The fourth-order valence-electron chi connectivity index (χ4n) is 19.5. The van der Waals surface area contributed by atoms with E-state index in [2.05, 4.69) is 467 Å². The van der Waals surface area contributed by atoms with Crippen molar-refractivity contribution in [2.75, 3.05) is 14.7 Å². The van der Waals surface area contributed by atoms with Crippen LogP contribution >= 0.6 is 0 Å². The molecular formula is C114H80N6O2. The second-order valence-corrected chi connectivity index (χ2v) is 32.3. The Hall–Kier alpha value is -15.9. The molecule has 5 aromatic heterocycles. The number of benzene rings is 18. The zero-order valence-corrected chi connectivity index (χ0v) is 67.2. The number of para-hydroxylation sites is 7. The zero-order chi connectivity index (χ0) is 80.9. The van der Waals surface area contributed by atoms with Crippen LogP contribution in [0.25, 0.3) is 127 Å². The van der Waals surface area contributed by atoms with Crippen LogP contribution in [0.2, 0.25) is 0 Å². The summed E-state index contributed by atoms with van der Waals surface area (Å²) in [5.41, 5.74) is 31.3. The van der Waals surface area contributed by atoms with E-state index in [9.17, 15) is 0 Å². The van der Waals surface area contributed by atoms with Gasteiger partial charge in [0, 0.05) is 135 Å². The van der Waals surface area contributed by atoms with Crippen LogP contribution in [0.1, 0.15) is 47.6 Å². The summed E-state index contributed by atoms with van der Waals surface area (Å²) in [5.74, 6) is 0.0519. The number of furan rings is 2. The van der Waals surface area contributed by atoms with Gasteiger partial charge in [-0.2, -0.15) is 0 Å². The first-order valence-corrected chi connectivity index (χ1v) is 41.9. The van der Waals surface area contributed by atoms with Crippen LogP contribution in [0, 0.1) is 0 Å². The minimum atomic E-state index is -0.176. The first-order chi connectivity index (χ1) is 60.3. The lowest BCUT2D eigenvalue weighted by atomic mass is 9.80. The van der Waals surface area contributed by atoms with Crippen molar-refractivity contribution in [2.24, 2.45) is 0 Å². The van der Waals surface area contributed by atoms with Crippen molar-refractivity contribution >= 4 is 150 Å². The Kier molecular flexibility index (Phi) is 17.2. The maximum Gasteiger partial charge on any atom is 0.145 e. The number of aromatic nitrogens is 3. The first-order valence-electron chi connectivity index (χ1n) is 41.9. The van der Waals surface area contributed by atoms with Gasteiger partial charge in [0.2, 0.25) is 0 Å². The molecule has 24 rings (SSSR count). The zero-order valence-electron chi connectivity index (χ0n) is 67.2. The summed E-state index contributed by atoms with van der Waals surface area (Å²) in [6.07, 6.45) is 2.16. The molecular weight excluding hydrogens is 1490 g/mol. The molecule has 122 heavy (non-hydrogen) atoms. The van der Waals surface area contributed by atoms with Crippen LogP contribution in [-0.4, -0.2) is 13.7 Å². The SMILES string of the molecule is CC1(C)c2ccccc2-c2ccc3c(c21)c1ccc(N(c2ccccc2)c2ccccc2)cc1n3-c1ccc(N(c2ccccc2)c2ccc3c(c2)oc2ccccc23)cc1.c1ccc(C(c2ccccc2)c2ccc3c4c5oc6ccccc6c5ccc4n(-c4cccc(N(c5ccccc5)c5ccc6c(ccn6-c6ccccc6)c5)c4)c3c2)cc1. The number of nitrogens with zero attached hydrogens (tertiary/aromatic N) is 6. The van der Waals surface area contributed by atoms with Crippen molar-refractivity contribution in [3.8, 4) is 28.2 Å². The van der Waals surface area contributed by atoms with Gasteiger partial charge < -0.3 is 37.2 Å². The van der Waals surface area contributed by atoms with Gasteiger partial charge in [0.15, 0.2) is 0 Å². The van der Waals surface area contributed by atoms with Gasteiger partial charge in [-0.05, 0) is 227 Å². The summed E-state index contributed by atoms with van der Waals surface area (Å²) in [4.78, 5) is 7.02. The molecule has 23 aromatic rings. The highest BCUT2D eigenvalue weighted by molar-refractivity contribution is 6.24. The van der Waals surface area contributed by atoms with Gasteiger partial charge in [0.25, 0.3) is 0 Å². The topological polar surface area (TPSA) is 50.8 Å². The summed E-state index contributed by atoms with van der Waals surface area (Å²) < 4.78 is 20.3. The van der Waals surface area contributed by atoms with Crippen LogP contribution in [0.5, 0.6) is 0 Å². The second-order valence-electron chi connectivity index (χ2n) is 32.3. The van der Waals surface area contributed by atoms with Crippen molar-refractivity contribution in [1.82, 2.24) is 13.7 Å². The fraction of sp³-hybridized carbons (Fsp3) is 0.0351. The predicted molar refractivity (Wildman–Crippen MR) is 508 cm³/mol. The molecule has 0 bridgehead atoms. The van der Waals surface area contributed by atoms with Gasteiger partial charge >= 0.3 is 0 Å². The summed E-state index contributed by atoms with van der Waals surface area (Å²) in [6, 6.07) is 157. The molecule has 0 saturated carbocycles. The van der Waals surface area contributed by atoms with Crippen molar-refractivity contribution in [2.45, 2.75) is 25.2 Å². The molecule has 0 N–H and O–H groups in total. The van der Waals surface area contributed by atoms with Crippen molar-refractivity contribution < 1.29 is 8.83 Å². The summed E-state index contributed by atoms with van der Waals surface area (Å²) in [5, 5.41) is 10.5. The van der Waals surface area contributed by atoms with Gasteiger partial charge in [-0.1, -0.05) is 257 Å². The minimum Gasteiger partial charge on any atom is -0.456 e. The monoisotopic (exact) mass is 1560 g/mol. The molecule has 18 aromatic carbocycles. The summed E-state index contributed by atoms with van der Waals surface area (Å²) in [6.45, 7) is 4.77. The van der Waals surface area contributed by atoms with Crippen LogP contribution in [0.15, 0.2) is 452 Å². The smallest absolute Gasteiger partial charge is 0.145 e. The highest BCUT2D eigenvalue weighted by Crippen LogP contribution is 2.55. The largest absolute Gasteiger partial charge is 0.456 e. The number of hydrogen-bond acceptors (Lipinski definition) is 5. The number of anilines is 9. The molecule has 0 saturated heterocycles. The molecule has 0 spiro atoms. The Bertz CT molecular complexity index is 7830. The van der Waals surface area contributed by atoms with Crippen LogP contribution in [-0.2, 0) is 5.41 Å². The van der Waals surface area contributed by atoms with E-state index in [1.807, 2.05) is 18.2 Å². The average molecular weight is 1570 g/mol. The lowest BCUT2D eigenvalue weighted by molar-refractivity contribution is 0.666. The highest BCUT2D eigenvalue weighted by atomic mass is 16.3. The summed E-state index contributed by atoms with van der Waals surface area (Å²) >= 11 is 0. The molecule has 0 atom stereocenters. The molecule has 1 aliphatic carbocycles. The number of hydrogen-bond donors (Lipinski definition) is 0. The quantitative estimate of drug-likeness (QED) is 0.0958. The number of rotatable bonds is 15. The molecule has 1 aliphatic rings. The molecule has 8 nitrogen and oxygen atoms in total. The molecule has 578 valence electrons. The average Bonchev–Trinajstić information content (AvgIpc) is 1.53. The molecule has 0 unspecified atom stereocenters. The lowest BCUT2D eigenvalue weighted by Crippen LogP contribution is -2.15. The fourth-order valence-corrected chi connectivity index (χ4v) is 19.5. The van der Waals surface area contributed by atoms with E-state index in [0.29, 0.717) is 0 Å². The van der Waals surface area contributed by atoms with Crippen LogP contribution in [0.4, 0.5) is 51.2 Å². The third-order valence-corrected chi connectivity index (χ3v) is 24.9.